The Morgan fingerprint density at radius 3 is 2.63 bits per heavy atom. The molecule has 0 aromatic heterocycles. The Morgan fingerprint density at radius 2 is 2.11 bits per heavy atom. The molecule has 2 atom stereocenters. The molecule has 1 fully saturated rings. The van der Waals surface area contributed by atoms with Crippen LogP contribution in [0.15, 0.2) is 11.6 Å². The number of carbonyl (C=O) groups excluding carboxylic acids is 1. The molecule has 3 nitrogen and oxygen atoms in total. The van der Waals surface area contributed by atoms with Gasteiger partial charge >= 0.3 is 5.97 Å². The average Bonchev–Trinajstić information content (AvgIpc) is 2.47. The quantitative estimate of drug-likeness (QED) is 0.630. The number of hydrogen-bond acceptors (Lipinski definition) is 3. The SMILES string of the molecule is COC(=O)[C@@]1([C@H](O)C2CCCCC2)CC=C(C)CC1. The van der Waals surface area contributed by atoms with E-state index in [0.717, 1.165) is 25.7 Å². The number of ether oxygens (including phenoxy) is 1. The van der Waals surface area contributed by atoms with Gasteiger partial charge in [-0.25, -0.2) is 0 Å². The Balaban J connectivity index is 2.19. The van der Waals surface area contributed by atoms with Crippen LogP contribution in [0.1, 0.15) is 58.3 Å². The maximum absolute atomic E-state index is 12.3. The van der Waals surface area contributed by atoms with Gasteiger partial charge in [0.15, 0.2) is 0 Å². The predicted molar refractivity (Wildman–Crippen MR) is 74.6 cm³/mol. The molecule has 0 amide bonds. The largest absolute Gasteiger partial charge is 0.469 e. The highest BCUT2D eigenvalue weighted by atomic mass is 16.5. The van der Waals surface area contributed by atoms with Crippen LogP contribution in [-0.4, -0.2) is 24.3 Å². The number of carbonyl (C=O) groups is 1. The second-order valence-electron chi connectivity index (χ2n) is 6.25. The molecule has 0 unspecified atom stereocenters. The Hall–Kier alpha value is -0.830. The summed E-state index contributed by atoms with van der Waals surface area (Å²) in [6, 6.07) is 0. The van der Waals surface area contributed by atoms with Gasteiger partial charge in [0.2, 0.25) is 0 Å². The molecule has 1 N–H and O–H groups in total. The topological polar surface area (TPSA) is 46.5 Å². The van der Waals surface area contributed by atoms with Crippen molar-refractivity contribution in [3.05, 3.63) is 11.6 Å². The van der Waals surface area contributed by atoms with Crippen molar-refractivity contribution in [2.75, 3.05) is 7.11 Å². The first-order valence-corrected chi connectivity index (χ1v) is 7.52. The highest BCUT2D eigenvalue weighted by Crippen LogP contribution is 2.44. The average molecular weight is 266 g/mol. The zero-order chi connectivity index (χ0) is 13.9. The van der Waals surface area contributed by atoms with Crippen molar-refractivity contribution < 1.29 is 14.6 Å². The molecule has 1 saturated carbocycles. The summed E-state index contributed by atoms with van der Waals surface area (Å²) in [6.07, 6.45) is 9.48. The minimum Gasteiger partial charge on any atom is -0.469 e. The number of allylic oxidation sites excluding steroid dienone is 2. The van der Waals surface area contributed by atoms with E-state index in [1.54, 1.807) is 0 Å². The molecule has 0 saturated heterocycles. The van der Waals surface area contributed by atoms with Crippen LogP contribution in [0.2, 0.25) is 0 Å². The van der Waals surface area contributed by atoms with Crippen LogP contribution >= 0.6 is 0 Å². The molecular weight excluding hydrogens is 240 g/mol. The van der Waals surface area contributed by atoms with Gasteiger partial charge in [0, 0.05) is 0 Å². The molecule has 0 spiro atoms. The molecule has 0 bridgehead atoms. The molecule has 3 heteroatoms. The van der Waals surface area contributed by atoms with Crippen molar-refractivity contribution in [3.8, 4) is 0 Å². The molecule has 2 aliphatic rings. The number of methoxy groups -OCH3 is 1. The lowest BCUT2D eigenvalue weighted by atomic mass is 9.65. The fourth-order valence-electron chi connectivity index (χ4n) is 3.66. The van der Waals surface area contributed by atoms with E-state index >= 15 is 0 Å². The van der Waals surface area contributed by atoms with Gasteiger partial charge in [0.25, 0.3) is 0 Å². The summed E-state index contributed by atoms with van der Waals surface area (Å²) in [4.78, 5) is 12.3. The van der Waals surface area contributed by atoms with Crippen molar-refractivity contribution in [1.29, 1.82) is 0 Å². The number of aliphatic hydroxyl groups is 1. The van der Waals surface area contributed by atoms with E-state index in [-0.39, 0.29) is 11.9 Å². The van der Waals surface area contributed by atoms with Gasteiger partial charge in [-0.05, 0) is 44.9 Å². The van der Waals surface area contributed by atoms with Crippen LogP contribution in [0.3, 0.4) is 0 Å². The second kappa shape index (κ2) is 6.08. The van der Waals surface area contributed by atoms with E-state index in [4.69, 9.17) is 4.74 Å². The van der Waals surface area contributed by atoms with Crippen LogP contribution in [0.25, 0.3) is 0 Å². The first-order chi connectivity index (χ1) is 9.10. The van der Waals surface area contributed by atoms with Gasteiger partial charge in [-0.15, -0.1) is 0 Å². The highest BCUT2D eigenvalue weighted by Gasteiger charge is 2.49. The van der Waals surface area contributed by atoms with Gasteiger partial charge in [-0.3, -0.25) is 4.79 Å². The molecule has 0 heterocycles. The predicted octanol–water partition coefficient (Wildman–Crippen LogP) is 3.22. The second-order valence-corrected chi connectivity index (χ2v) is 6.25. The van der Waals surface area contributed by atoms with Gasteiger partial charge in [-0.2, -0.15) is 0 Å². The van der Waals surface area contributed by atoms with Crippen molar-refractivity contribution in [2.45, 2.75) is 64.4 Å². The van der Waals surface area contributed by atoms with Gasteiger partial charge in [0.1, 0.15) is 0 Å². The van der Waals surface area contributed by atoms with Crippen LogP contribution in [0, 0.1) is 11.3 Å². The lowest BCUT2D eigenvalue weighted by Gasteiger charge is -2.42. The summed E-state index contributed by atoms with van der Waals surface area (Å²) in [7, 11) is 1.43. The van der Waals surface area contributed by atoms with E-state index in [1.165, 1.54) is 31.9 Å². The summed E-state index contributed by atoms with van der Waals surface area (Å²) >= 11 is 0. The van der Waals surface area contributed by atoms with E-state index < -0.39 is 11.5 Å². The summed E-state index contributed by atoms with van der Waals surface area (Å²) in [5.41, 5.74) is 0.617. The first-order valence-electron chi connectivity index (χ1n) is 7.52. The van der Waals surface area contributed by atoms with Crippen LogP contribution in [0.5, 0.6) is 0 Å². The number of rotatable bonds is 3. The maximum atomic E-state index is 12.3. The van der Waals surface area contributed by atoms with Crippen molar-refractivity contribution in [3.63, 3.8) is 0 Å². The Bertz CT molecular complexity index is 355. The maximum Gasteiger partial charge on any atom is 0.314 e. The summed E-state index contributed by atoms with van der Waals surface area (Å²) in [6.45, 7) is 2.09. The normalized spacial score (nSPS) is 30.6. The zero-order valence-corrected chi connectivity index (χ0v) is 12.2. The Morgan fingerprint density at radius 1 is 1.42 bits per heavy atom. The third kappa shape index (κ3) is 2.86. The first kappa shape index (κ1) is 14.6. The summed E-state index contributed by atoms with van der Waals surface area (Å²) < 4.78 is 5.01. The molecule has 0 aromatic carbocycles. The number of esters is 1. The molecule has 0 radical (unpaired) electrons. The standard InChI is InChI=1S/C16H26O3/c1-12-8-10-16(11-9-12,15(18)19-2)14(17)13-6-4-3-5-7-13/h8,13-14,17H,3-7,9-11H2,1-2H3/t14-,16+/m1/s1. The van der Waals surface area contributed by atoms with Crippen molar-refractivity contribution in [1.82, 2.24) is 0 Å². The van der Waals surface area contributed by atoms with Crippen LogP contribution in [-0.2, 0) is 9.53 Å². The van der Waals surface area contributed by atoms with E-state index in [0.29, 0.717) is 6.42 Å². The molecule has 0 aromatic rings. The van der Waals surface area contributed by atoms with Crippen LogP contribution in [0.4, 0.5) is 0 Å². The van der Waals surface area contributed by atoms with Crippen molar-refractivity contribution in [2.24, 2.45) is 11.3 Å². The third-order valence-electron chi connectivity index (χ3n) is 5.03. The van der Waals surface area contributed by atoms with Gasteiger partial charge < -0.3 is 9.84 Å². The number of hydrogen-bond donors (Lipinski definition) is 1. The van der Waals surface area contributed by atoms with E-state index in [2.05, 4.69) is 13.0 Å². The molecular formula is C16H26O3. The smallest absolute Gasteiger partial charge is 0.314 e. The number of aliphatic hydroxyl groups excluding tert-OH is 1. The molecule has 19 heavy (non-hydrogen) atoms. The van der Waals surface area contributed by atoms with Crippen molar-refractivity contribution >= 4 is 5.97 Å². The third-order valence-corrected chi connectivity index (χ3v) is 5.03. The monoisotopic (exact) mass is 266 g/mol. The fraction of sp³-hybridized carbons (Fsp3) is 0.812. The Kier molecular flexibility index (Phi) is 4.67. The molecule has 108 valence electrons. The molecule has 0 aliphatic heterocycles. The van der Waals surface area contributed by atoms with E-state index in [9.17, 15) is 9.90 Å². The Labute approximate surface area is 116 Å². The van der Waals surface area contributed by atoms with E-state index in [1.807, 2.05) is 0 Å². The summed E-state index contributed by atoms with van der Waals surface area (Å²) in [5.74, 6) is 0.0361. The van der Waals surface area contributed by atoms with Crippen LogP contribution < -0.4 is 0 Å². The molecule has 2 rings (SSSR count). The minimum absolute atomic E-state index is 0.227. The zero-order valence-electron chi connectivity index (χ0n) is 12.2. The van der Waals surface area contributed by atoms with Gasteiger partial charge in [0.05, 0.1) is 18.6 Å². The van der Waals surface area contributed by atoms with Gasteiger partial charge in [-0.1, -0.05) is 30.9 Å². The minimum atomic E-state index is -0.698. The summed E-state index contributed by atoms with van der Waals surface area (Å²) in [5, 5.41) is 10.8. The lowest BCUT2D eigenvalue weighted by Crippen LogP contribution is -2.48. The lowest BCUT2D eigenvalue weighted by molar-refractivity contribution is -0.165. The molecule has 2 aliphatic carbocycles. The fourth-order valence-corrected chi connectivity index (χ4v) is 3.66. The highest BCUT2D eigenvalue weighted by molar-refractivity contribution is 5.78.